The summed E-state index contributed by atoms with van der Waals surface area (Å²) in [4.78, 5) is 13.8. The van der Waals surface area contributed by atoms with Gasteiger partial charge in [0.1, 0.15) is 11.7 Å². The van der Waals surface area contributed by atoms with Crippen LogP contribution in [0, 0.1) is 11.3 Å². The van der Waals surface area contributed by atoms with Crippen LogP contribution in [0.15, 0.2) is 12.1 Å². The van der Waals surface area contributed by atoms with Crippen LogP contribution in [0.1, 0.15) is 39.3 Å². The molecule has 22 heavy (non-hydrogen) atoms. The van der Waals surface area contributed by atoms with Crippen molar-refractivity contribution < 1.29 is 9.53 Å². The van der Waals surface area contributed by atoms with Gasteiger partial charge in [-0.3, -0.25) is 0 Å². The number of alkyl carbamates (subject to hydrolysis) is 1. The van der Waals surface area contributed by atoms with Crippen molar-refractivity contribution >= 4 is 11.9 Å². The van der Waals surface area contributed by atoms with Crippen molar-refractivity contribution in [3.8, 4) is 6.07 Å². The van der Waals surface area contributed by atoms with E-state index in [1.807, 2.05) is 26.8 Å². The Hall–Kier alpha value is -2.36. The minimum absolute atomic E-state index is 0.109. The molecule has 1 fully saturated rings. The fourth-order valence-electron chi connectivity index (χ4n) is 2.28. The van der Waals surface area contributed by atoms with Gasteiger partial charge in [0.15, 0.2) is 11.5 Å². The lowest BCUT2D eigenvalue weighted by Crippen LogP contribution is -2.46. The van der Waals surface area contributed by atoms with Gasteiger partial charge in [0.2, 0.25) is 0 Å². The summed E-state index contributed by atoms with van der Waals surface area (Å²) in [5, 5.41) is 19.5. The van der Waals surface area contributed by atoms with Crippen LogP contribution in [0.4, 0.5) is 10.6 Å². The second-order valence-electron chi connectivity index (χ2n) is 6.30. The standard InChI is InChI=1S/C15H21N5O2/c1-15(2,3)22-14(21)17-11-6-8-20(9-7-11)13-5-4-12(10-16)18-19-13/h4-5,11H,6-9H2,1-3H3,(H,17,21). The summed E-state index contributed by atoms with van der Waals surface area (Å²) in [5.41, 5.74) is -0.173. The summed E-state index contributed by atoms with van der Waals surface area (Å²) in [6.45, 7) is 7.10. The predicted molar refractivity (Wildman–Crippen MR) is 81.4 cm³/mol. The van der Waals surface area contributed by atoms with Crippen LogP contribution in [0.3, 0.4) is 0 Å². The van der Waals surface area contributed by atoms with Crippen LogP contribution in [0.25, 0.3) is 0 Å². The third-order valence-electron chi connectivity index (χ3n) is 3.30. The molecule has 2 heterocycles. The molecular weight excluding hydrogens is 282 g/mol. The highest BCUT2D eigenvalue weighted by molar-refractivity contribution is 5.68. The van der Waals surface area contributed by atoms with E-state index in [4.69, 9.17) is 10.00 Å². The largest absolute Gasteiger partial charge is 0.444 e. The predicted octanol–water partition coefficient (Wildman–Crippen LogP) is 1.84. The van der Waals surface area contributed by atoms with E-state index < -0.39 is 5.60 Å². The number of nitriles is 1. The number of rotatable bonds is 2. The number of aromatic nitrogens is 2. The third-order valence-corrected chi connectivity index (χ3v) is 3.30. The Balaban J connectivity index is 1.82. The zero-order valence-corrected chi connectivity index (χ0v) is 13.2. The van der Waals surface area contributed by atoms with E-state index in [1.165, 1.54) is 0 Å². The fraction of sp³-hybridized carbons (Fsp3) is 0.600. The van der Waals surface area contributed by atoms with Gasteiger partial charge in [-0.05, 0) is 45.7 Å². The van der Waals surface area contributed by atoms with Crippen LogP contribution in [0.2, 0.25) is 0 Å². The Morgan fingerprint density at radius 1 is 1.36 bits per heavy atom. The molecule has 118 valence electrons. The van der Waals surface area contributed by atoms with E-state index in [0.717, 1.165) is 31.7 Å². The number of carbonyl (C=O) groups is 1. The molecule has 0 saturated carbocycles. The highest BCUT2D eigenvalue weighted by atomic mass is 16.6. The molecule has 0 aromatic carbocycles. The topological polar surface area (TPSA) is 91.1 Å². The van der Waals surface area contributed by atoms with Gasteiger partial charge in [-0.2, -0.15) is 5.26 Å². The number of piperidine rings is 1. The van der Waals surface area contributed by atoms with Crippen molar-refractivity contribution in [2.24, 2.45) is 0 Å². The molecule has 0 atom stereocenters. The number of nitrogens with zero attached hydrogens (tertiary/aromatic N) is 4. The second-order valence-corrected chi connectivity index (χ2v) is 6.30. The van der Waals surface area contributed by atoms with Gasteiger partial charge >= 0.3 is 6.09 Å². The maximum Gasteiger partial charge on any atom is 0.407 e. The number of amides is 1. The molecule has 1 N–H and O–H groups in total. The Morgan fingerprint density at radius 3 is 2.55 bits per heavy atom. The molecule has 1 aromatic heterocycles. The monoisotopic (exact) mass is 303 g/mol. The van der Waals surface area contributed by atoms with Crippen molar-refractivity contribution in [2.45, 2.75) is 45.3 Å². The van der Waals surface area contributed by atoms with E-state index in [2.05, 4.69) is 20.4 Å². The Morgan fingerprint density at radius 2 is 2.05 bits per heavy atom. The summed E-state index contributed by atoms with van der Waals surface area (Å²) in [7, 11) is 0. The molecule has 1 aliphatic heterocycles. The first-order valence-corrected chi connectivity index (χ1v) is 7.36. The number of hydrogen-bond donors (Lipinski definition) is 1. The summed E-state index contributed by atoms with van der Waals surface area (Å²) >= 11 is 0. The smallest absolute Gasteiger partial charge is 0.407 e. The van der Waals surface area contributed by atoms with Crippen molar-refractivity contribution in [3.63, 3.8) is 0 Å². The van der Waals surface area contributed by atoms with Crippen LogP contribution in [-0.4, -0.2) is 41.0 Å². The Kier molecular flexibility index (Phi) is 4.81. The van der Waals surface area contributed by atoms with E-state index in [9.17, 15) is 4.79 Å². The maximum atomic E-state index is 11.7. The number of carbonyl (C=O) groups excluding carboxylic acids is 1. The number of anilines is 1. The maximum absolute atomic E-state index is 11.7. The molecular formula is C15H21N5O2. The zero-order chi connectivity index (χ0) is 16.2. The lowest BCUT2D eigenvalue weighted by Gasteiger charge is -2.33. The van der Waals surface area contributed by atoms with Gasteiger partial charge < -0.3 is 15.0 Å². The van der Waals surface area contributed by atoms with E-state index >= 15 is 0 Å². The average Bonchev–Trinajstić information content (AvgIpc) is 2.46. The van der Waals surface area contributed by atoms with E-state index in [1.54, 1.807) is 12.1 Å². The highest BCUT2D eigenvalue weighted by Gasteiger charge is 2.24. The first-order chi connectivity index (χ1) is 10.4. The molecule has 0 aliphatic carbocycles. The van der Waals surface area contributed by atoms with Crippen LogP contribution < -0.4 is 10.2 Å². The molecule has 0 unspecified atom stereocenters. The molecule has 1 saturated heterocycles. The summed E-state index contributed by atoms with van der Waals surface area (Å²) in [5.74, 6) is 0.759. The zero-order valence-electron chi connectivity index (χ0n) is 13.2. The van der Waals surface area contributed by atoms with Crippen LogP contribution in [-0.2, 0) is 4.74 Å². The van der Waals surface area contributed by atoms with Crippen molar-refractivity contribution in [3.05, 3.63) is 17.8 Å². The molecule has 0 radical (unpaired) electrons. The lowest BCUT2D eigenvalue weighted by atomic mass is 10.1. The molecule has 0 spiro atoms. The Labute approximate surface area is 130 Å². The highest BCUT2D eigenvalue weighted by Crippen LogP contribution is 2.17. The van der Waals surface area contributed by atoms with Gasteiger partial charge in [-0.1, -0.05) is 0 Å². The summed E-state index contributed by atoms with van der Waals surface area (Å²) < 4.78 is 5.26. The molecule has 2 rings (SSSR count). The van der Waals surface area contributed by atoms with Gasteiger partial charge in [-0.15, -0.1) is 10.2 Å². The second kappa shape index (κ2) is 6.60. The lowest BCUT2D eigenvalue weighted by molar-refractivity contribution is 0.0497. The summed E-state index contributed by atoms with van der Waals surface area (Å²) in [6.07, 6.45) is 1.27. The third kappa shape index (κ3) is 4.58. The number of ether oxygens (including phenoxy) is 1. The number of nitrogens with one attached hydrogen (secondary N) is 1. The number of hydrogen-bond acceptors (Lipinski definition) is 6. The molecule has 0 bridgehead atoms. The minimum Gasteiger partial charge on any atom is -0.444 e. The molecule has 7 heteroatoms. The van der Waals surface area contributed by atoms with Gasteiger partial charge in [0.05, 0.1) is 0 Å². The molecule has 1 aromatic rings. The van der Waals surface area contributed by atoms with Crippen LogP contribution in [0.5, 0.6) is 0 Å². The van der Waals surface area contributed by atoms with Gasteiger partial charge in [-0.25, -0.2) is 4.79 Å². The van der Waals surface area contributed by atoms with Gasteiger partial charge in [0, 0.05) is 19.1 Å². The SMILES string of the molecule is CC(C)(C)OC(=O)NC1CCN(c2ccc(C#N)nn2)CC1. The van der Waals surface area contributed by atoms with Crippen molar-refractivity contribution in [1.29, 1.82) is 5.26 Å². The first-order valence-electron chi connectivity index (χ1n) is 7.36. The van der Waals surface area contributed by atoms with Crippen LogP contribution >= 0.6 is 0 Å². The fourth-order valence-corrected chi connectivity index (χ4v) is 2.28. The molecule has 7 nitrogen and oxygen atoms in total. The Bertz CT molecular complexity index is 551. The molecule has 1 aliphatic rings. The van der Waals surface area contributed by atoms with E-state index in [-0.39, 0.29) is 12.1 Å². The van der Waals surface area contributed by atoms with E-state index in [0.29, 0.717) is 5.69 Å². The van der Waals surface area contributed by atoms with Gasteiger partial charge in [0.25, 0.3) is 0 Å². The minimum atomic E-state index is -0.483. The average molecular weight is 303 g/mol. The van der Waals surface area contributed by atoms with Crippen molar-refractivity contribution in [1.82, 2.24) is 15.5 Å². The van der Waals surface area contributed by atoms with Crippen molar-refractivity contribution in [2.75, 3.05) is 18.0 Å². The quantitative estimate of drug-likeness (QED) is 0.896. The summed E-state index contributed by atoms with van der Waals surface area (Å²) in [6, 6.07) is 5.52. The first kappa shape index (κ1) is 16.0. The normalized spacial score (nSPS) is 16.0. The molecule has 1 amide bonds.